The molecule has 3 heteroatoms. The Hall–Kier alpha value is -0.960. The van der Waals surface area contributed by atoms with Crippen LogP contribution >= 0.6 is 15.9 Å². The Morgan fingerprint density at radius 2 is 2.23 bits per heavy atom. The van der Waals surface area contributed by atoms with E-state index in [1.54, 1.807) is 18.2 Å². The molecule has 0 fully saturated rings. The minimum atomic E-state index is 0.114. The molecular weight excluding hydrogens is 232 g/mol. The maximum absolute atomic E-state index is 11.0. The number of hydrogen-bond donors (Lipinski definition) is 0. The fourth-order valence-electron chi connectivity index (χ4n) is 1.05. The van der Waals surface area contributed by atoms with Crippen LogP contribution in [0.4, 0.5) is 0 Å². The van der Waals surface area contributed by atoms with Gasteiger partial charge in [0.1, 0.15) is 12.1 Å². The summed E-state index contributed by atoms with van der Waals surface area (Å²) in [5, 5.41) is 0.359. The van der Waals surface area contributed by atoms with Gasteiger partial charge in [0.25, 0.3) is 0 Å². The quantitative estimate of drug-likeness (QED) is 0.596. The Morgan fingerprint density at radius 3 is 2.85 bits per heavy atom. The number of alkyl halides is 1. The summed E-state index contributed by atoms with van der Waals surface area (Å²) in [6, 6.07) is 7.07. The van der Waals surface area contributed by atoms with E-state index >= 15 is 0 Å². The molecule has 0 N–H and O–H groups in total. The second-order valence-electron chi connectivity index (χ2n) is 2.71. The van der Waals surface area contributed by atoms with E-state index in [1.165, 1.54) is 0 Å². The molecule has 0 aromatic heterocycles. The number of hydrogen-bond acceptors (Lipinski definition) is 2. The molecule has 0 bridgehead atoms. The van der Waals surface area contributed by atoms with Gasteiger partial charge in [0.2, 0.25) is 0 Å². The number of rotatable bonds is 4. The van der Waals surface area contributed by atoms with E-state index in [2.05, 4.69) is 15.9 Å². The van der Waals surface area contributed by atoms with Gasteiger partial charge < -0.3 is 0 Å². The zero-order valence-electron chi connectivity index (χ0n) is 7.00. The highest BCUT2D eigenvalue weighted by atomic mass is 79.9. The molecule has 0 spiro atoms. The molecule has 0 aliphatic carbocycles. The maximum Gasteiger partial charge on any atom is 0.150 e. The van der Waals surface area contributed by atoms with Gasteiger partial charge in [-0.25, -0.2) is 0 Å². The topological polar surface area (TPSA) is 34.1 Å². The lowest BCUT2D eigenvalue weighted by atomic mass is 10.1. The molecule has 1 aromatic rings. The van der Waals surface area contributed by atoms with Crippen LogP contribution in [0.5, 0.6) is 0 Å². The summed E-state index contributed by atoms with van der Waals surface area (Å²) in [6.45, 7) is 0. The van der Waals surface area contributed by atoms with E-state index < -0.39 is 0 Å². The van der Waals surface area contributed by atoms with Crippen LogP contribution in [0.3, 0.4) is 0 Å². The van der Waals surface area contributed by atoms with Crippen molar-refractivity contribution in [1.82, 2.24) is 0 Å². The van der Waals surface area contributed by atoms with Gasteiger partial charge >= 0.3 is 0 Å². The summed E-state index contributed by atoms with van der Waals surface area (Å²) in [5.74, 6) is 0.114. The second-order valence-corrected chi connectivity index (χ2v) is 3.27. The highest BCUT2D eigenvalue weighted by Crippen LogP contribution is 2.05. The van der Waals surface area contributed by atoms with Crippen LogP contribution in [-0.2, 0) is 11.2 Å². The highest BCUT2D eigenvalue weighted by Gasteiger charge is 2.01. The highest BCUT2D eigenvalue weighted by molar-refractivity contribution is 9.09. The van der Waals surface area contributed by atoms with E-state index in [0.29, 0.717) is 17.3 Å². The third kappa shape index (κ3) is 3.11. The number of benzene rings is 1. The smallest absolute Gasteiger partial charge is 0.150 e. The number of halogens is 1. The molecule has 0 unspecified atom stereocenters. The van der Waals surface area contributed by atoms with Gasteiger partial charge in [0.05, 0.1) is 5.33 Å². The molecule has 0 saturated heterocycles. The molecule has 0 atom stereocenters. The largest absolute Gasteiger partial charge is 0.298 e. The lowest BCUT2D eigenvalue weighted by molar-refractivity contribution is -0.115. The first-order valence-corrected chi connectivity index (χ1v) is 5.00. The molecule has 0 aliphatic heterocycles. The molecule has 1 rings (SSSR count). The Kier molecular flexibility index (Phi) is 3.83. The Morgan fingerprint density at radius 1 is 1.46 bits per heavy atom. The summed E-state index contributed by atoms with van der Waals surface area (Å²) in [4.78, 5) is 21.5. The fraction of sp³-hybridized carbons (Fsp3) is 0.200. The number of aldehydes is 1. The maximum atomic E-state index is 11.0. The van der Waals surface area contributed by atoms with Crippen molar-refractivity contribution in [2.75, 3.05) is 5.33 Å². The first kappa shape index (κ1) is 10.1. The average molecular weight is 241 g/mol. The van der Waals surface area contributed by atoms with Gasteiger partial charge in [-0.1, -0.05) is 34.1 Å². The SMILES string of the molecule is O=Cc1cccc(CC(=O)CBr)c1. The van der Waals surface area contributed by atoms with Gasteiger partial charge in [-0.15, -0.1) is 0 Å². The normalized spacial score (nSPS) is 9.62. The van der Waals surface area contributed by atoms with Crippen molar-refractivity contribution >= 4 is 28.0 Å². The summed E-state index contributed by atoms with van der Waals surface area (Å²) in [7, 11) is 0. The van der Waals surface area contributed by atoms with E-state index in [4.69, 9.17) is 0 Å². The zero-order chi connectivity index (χ0) is 9.68. The fourth-order valence-corrected chi connectivity index (χ4v) is 1.25. The van der Waals surface area contributed by atoms with E-state index in [-0.39, 0.29) is 5.78 Å². The third-order valence-corrected chi connectivity index (χ3v) is 2.26. The molecular formula is C10H9BrO2. The van der Waals surface area contributed by atoms with E-state index in [1.807, 2.05) is 6.07 Å². The van der Waals surface area contributed by atoms with Crippen molar-refractivity contribution in [2.45, 2.75) is 6.42 Å². The molecule has 2 nitrogen and oxygen atoms in total. The van der Waals surface area contributed by atoms with Gasteiger partial charge in [0.15, 0.2) is 0 Å². The van der Waals surface area contributed by atoms with Gasteiger partial charge in [0, 0.05) is 12.0 Å². The monoisotopic (exact) mass is 240 g/mol. The molecule has 0 heterocycles. The van der Waals surface area contributed by atoms with Gasteiger partial charge in [-0.05, 0) is 11.6 Å². The first-order chi connectivity index (χ1) is 6.26. The van der Waals surface area contributed by atoms with Crippen LogP contribution in [0.2, 0.25) is 0 Å². The predicted octanol–water partition coefficient (Wildman–Crippen LogP) is 2.01. The van der Waals surface area contributed by atoms with Crippen molar-refractivity contribution in [3.63, 3.8) is 0 Å². The minimum absolute atomic E-state index is 0.114. The van der Waals surface area contributed by atoms with Crippen LogP contribution in [0.1, 0.15) is 15.9 Å². The molecule has 1 aromatic carbocycles. The summed E-state index contributed by atoms with van der Waals surface area (Å²) in [5.41, 5.74) is 1.49. The molecule has 0 radical (unpaired) electrons. The van der Waals surface area contributed by atoms with Crippen molar-refractivity contribution in [3.05, 3.63) is 35.4 Å². The van der Waals surface area contributed by atoms with Crippen LogP contribution in [0, 0.1) is 0 Å². The van der Waals surface area contributed by atoms with Gasteiger partial charge in [-0.3, -0.25) is 9.59 Å². The average Bonchev–Trinajstić information content (AvgIpc) is 2.18. The lowest BCUT2D eigenvalue weighted by Gasteiger charge is -1.98. The Bertz CT molecular complexity index is 320. The first-order valence-electron chi connectivity index (χ1n) is 3.88. The number of Topliss-reactive ketones (excluding diaryl/α,β-unsaturated/α-hetero) is 1. The molecule has 13 heavy (non-hydrogen) atoms. The minimum Gasteiger partial charge on any atom is -0.298 e. The molecule has 0 amide bonds. The summed E-state index contributed by atoms with van der Waals surface area (Å²) in [6.07, 6.45) is 1.16. The number of carbonyl (C=O) groups is 2. The third-order valence-electron chi connectivity index (χ3n) is 1.64. The van der Waals surface area contributed by atoms with Crippen LogP contribution < -0.4 is 0 Å². The van der Waals surface area contributed by atoms with E-state index in [9.17, 15) is 9.59 Å². The standard InChI is InChI=1S/C10H9BrO2/c11-6-10(13)5-8-2-1-3-9(4-8)7-12/h1-4,7H,5-6H2. The van der Waals surface area contributed by atoms with Crippen LogP contribution in [0.15, 0.2) is 24.3 Å². The molecule has 0 aliphatic rings. The Balaban J connectivity index is 2.77. The van der Waals surface area contributed by atoms with Crippen molar-refractivity contribution < 1.29 is 9.59 Å². The molecule has 0 saturated carbocycles. The predicted molar refractivity (Wildman–Crippen MR) is 54.3 cm³/mol. The van der Waals surface area contributed by atoms with Crippen molar-refractivity contribution in [3.8, 4) is 0 Å². The Labute approximate surface area is 85.1 Å². The molecule has 68 valence electrons. The van der Waals surface area contributed by atoms with Crippen molar-refractivity contribution in [1.29, 1.82) is 0 Å². The zero-order valence-corrected chi connectivity index (χ0v) is 8.58. The second kappa shape index (κ2) is 4.92. The van der Waals surface area contributed by atoms with Gasteiger partial charge in [-0.2, -0.15) is 0 Å². The van der Waals surface area contributed by atoms with E-state index in [0.717, 1.165) is 11.8 Å². The lowest BCUT2D eigenvalue weighted by Crippen LogP contribution is -2.03. The summed E-state index contributed by atoms with van der Waals surface area (Å²) < 4.78 is 0. The van der Waals surface area contributed by atoms with Crippen LogP contribution in [-0.4, -0.2) is 17.4 Å². The van der Waals surface area contributed by atoms with Crippen LogP contribution in [0.25, 0.3) is 0 Å². The number of ketones is 1. The summed E-state index contributed by atoms with van der Waals surface area (Å²) >= 11 is 3.09. The van der Waals surface area contributed by atoms with Crippen molar-refractivity contribution in [2.24, 2.45) is 0 Å². The number of carbonyl (C=O) groups excluding carboxylic acids is 2.